The minimum atomic E-state index is 0.00682. The number of hydrazine groups is 1. The summed E-state index contributed by atoms with van der Waals surface area (Å²) in [6.07, 6.45) is 0.914. The Morgan fingerprint density at radius 1 is 1.39 bits per heavy atom. The molecule has 1 aromatic carbocycles. The van der Waals surface area contributed by atoms with E-state index in [0.29, 0.717) is 17.5 Å². The molecule has 1 rings (SSSR count). The summed E-state index contributed by atoms with van der Waals surface area (Å²) in [5.41, 5.74) is 3.85. The molecule has 0 fully saturated rings. The Morgan fingerprint density at radius 3 is 2.67 bits per heavy atom. The highest BCUT2D eigenvalue weighted by molar-refractivity contribution is 6.30. The van der Waals surface area contributed by atoms with Crippen LogP contribution in [0.2, 0.25) is 5.02 Å². The first-order valence-electron chi connectivity index (χ1n) is 5.92. The summed E-state index contributed by atoms with van der Waals surface area (Å²) < 4.78 is 10.5. The van der Waals surface area contributed by atoms with E-state index in [4.69, 9.17) is 26.9 Å². The summed E-state index contributed by atoms with van der Waals surface area (Å²) in [7, 11) is 3.32. The second kappa shape index (κ2) is 7.59. The fourth-order valence-corrected chi connectivity index (χ4v) is 2.13. The third-order valence-corrected chi connectivity index (χ3v) is 3.29. The summed E-state index contributed by atoms with van der Waals surface area (Å²) in [4.78, 5) is 0. The molecule has 5 heteroatoms. The van der Waals surface area contributed by atoms with Gasteiger partial charge in [0.15, 0.2) is 0 Å². The molecule has 0 aliphatic rings. The average molecular weight is 273 g/mol. The Bertz CT molecular complexity index is 374. The number of nitrogens with one attached hydrogen (secondary N) is 1. The van der Waals surface area contributed by atoms with Crippen LogP contribution in [0.4, 0.5) is 0 Å². The molecular formula is C13H21ClN2O2. The van der Waals surface area contributed by atoms with E-state index in [1.54, 1.807) is 20.3 Å². The summed E-state index contributed by atoms with van der Waals surface area (Å²) in [6.45, 7) is 2.83. The van der Waals surface area contributed by atoms with Crippen molar-refractivity contribution in [2.45, 2.75) is 19.4 Å². The molecule has 0 amide bonds. The molecule has 0 aromatic heterocycles. The molecule has 0 radical (unpaired) electrons. The molecule has 18 heavy (non-hydrogen) atoms. The van der Waals surface area contributed by atoms with E-state index in [1.165, 1.54) is 0 Å². The number of benzene rings is 1. The zero-order chi connectivity index (χ0) is 13.5. The molecule has 0 heterocycles. The van der Waals surface area contributed by atoms with Gasteiger partial charge in [-0.05, 0) is 24.5 Å². The first-order chi connectivity index (χ1) is 8.63. The zero-order valence-electron chi connectivity index (χ0n) is 11.1. The predicted molar refractivity (Wildman–Crippen MR) is 73.7 cm³/mol. The average Bonchev–Trinajstić information content (AvgIpc) is 2.38. The maximum Gasteiger partial charge on any atom is 0.125 e. The van der Waals surface area contributed by atoms with Crippen LogP contribution in [0.3, 0.4) is 0 Å². The van der Waals surface area contributed by atoms with Crippen molar-refractivity contribution in [3.05, 3.63) is 28.8 Å². The van der Waals surface area contributed by atoms with Crippen LogP contribution in [0.1, 0.15) is 24.9 Å². The van der Waals surface area contributed by atoms with E-state index < -0.39 is 0 Å². The normalized spacial score (nSPS) is 14.3. The highest BCUT2D eigenvalue weighted by Crippen LogP contribution is 2.33. The standard InChI is InChI=1S/C13H21ClN2O2/c1-9(6-7-17-2)13(16-15)11-5-4-10(14)8-12(11)18-3/h4-5,8-9,13,16H,6-7,15H2,1-3H3. The maximum atomic E-state index is 5.95. The summed E-state index contributed by atoms with van der Waals surface area (Å²) in [6, 6.07) is 5.58. The van der Waals surface area contributed by atoms with Gasteiger partial charge in [0.25, 0.3) is 0 Å². The van der Waals surface area contributed by atoms with E-state index in [-0.39, 0.29) is 6.04 Å². The Balaban J connectivity index is 2.93. The summed E-state index contributed by atoms with van der Waals surface area (Å²) >= 11 is 5.95. The van der Waals surface area contributed by atoms with Gasteiger partial charge in [0, 0.05) is 24.3 Å². The number of methoxy groups -OCH3 is 2. The van der Waals surface area contributed by atoms with Crippen LogP contribution in [0.15, 0.2) is 18.2 Å². The van der Waals surface area contributed by atoms with Gasteiger partial charge < -0.3 is 9.47 Å². The van der Waals surface area contributed by atoms with Crippen molar-refractivity contribution < 1.29 is 9.47 Å². The number of rotatable bonds is 7. The number of halogens is 1. The van der Waals surface area contributed by atoms with Crippen molar-refractivity contribution in [1.29, 1.82) is 0 Å². The number of ether oxygens (including phenoxy) is 2. The molecule has 1 aromatic rings. The molecule has 0 bridgehead atoms. The molecular weight excluding hydrogens is 252 g/mol. The monoisotopic (exact) mass is 272 g/mol. The highest BCUT2D eigenvalue weighted by Gasteiger charge is 2.21. The first-order valence-corrected chi connectivity index (χ1v) is 6.30. The van der Waals surface area contributed by atoms with E-state index in [1.807, 2.05) is 12.1 Å². The van der Waals surface area contributed by atoms with Crippen molar-refractivity contribution in [1.82, 2.24) is 5.43 Å². The fraction of sp³-hybridized carbons (Fsp3) is 0.538. The van der Waals surface area contributed by atoms with Crippen molar-refractivity contribution in [2.24, 2.45) is 11.8 Å². The van der Waals surface area contributed by atoms with Crippen molar-refractivity contribution >= 4 is 11.6 Å². The van der Waals surface area contributed by atoms with Crippen molar-refractivity contribution in [2.75, 3.05) is 20.8 Å². The Labute approximate surface area is 113 Å². The molecule has 0 spiro atoms. The molecule has 3 N–H and O–H groups in total. The van der Waals surface area contributed by atoms with Crippen LogP contribution >= 0.6 is 11.6 Å². The highest BCUT2D eigenvalue weighted by atomic mass is 35.5. The quantitative estimate of drug-likeness (QED) is 0.592. The maximum absolute atomic E-state index is 5.95. The van der Waals surface area contributed by atoms with Gasteiger partial charge in [-0.25, -0.2) is 0 Å². The molecule has 0 saturated carbocycles. The second-order valence-electron chi connectivity index (χ2n) is 4.29. The number of nitrogens with two attached hydrogens (primary N) is 1. The van der Waals surface area contributed by atoms with Gasteiger partial charge in [-0.2, -0.15) is 0 Å². The Kier molecular flexibility index (Phi) is 6.43. The lowest BCUT2D eigenvalue weighted by molar-refractivity contribution is 0.170. The topological polar surface area (TPSA) is 56.5 Å². The zero-order valence-corrected chi connectivity index (χ0v) is 11.8. The number of hydrogen-bond acceptors (Lipinski definition) is 4. The van der Waals surface area contributed by atoms with Gasteiger partial charge in [0.1, 0.15) is 5.75 Å². The van der Waals surface area contributed by atoms with Crippen molar-refractivity contribution in [3.8, 4) is 5.75 Å². The van der Waals surface area contributed by atoms with E-state index >= 15 is 0 Å². The lowest BCUT2D eigenvalue weighted by atomic mass is 9.92. The minimum Gasteiger partial charge on any atom is -0.496 e. The largest absolute Gasteiger partial charge is 0.496 e. The Hall–Kier alpha value is -0.810. The Morgan fingerprint density at radius 2 is 2.11 bits per heavy atom. The van der Waals surface area contributed by atoms with Gasteiger partial charge in [-0.3, -0.25) is 11.3 Å². The van der Waals surface area contributed by atoms with Crippen LogP contribution in [0.5, 0.6) is 5.75 Å². The second-order valence-corrected chi connectivity index (χ2v) is 4.73. The van der Waals surface area contributed by atoms with Gasteiger partial charge in [-0.1, -0.05) is 24.6 Å². The molecule has 0 saturated heterocycles. The summed E-state index contributed by atoms with van der Waals surface area (Å²) in [5, 5.41) is 0.649. The predicted octanol–water partition coefficient (Wildman–Crippen LogP) is 2.53. The minimum absolute atomic E-state index is 0.00682. The van der Waals surface area contributed by atoms with E-state index in [2.05, 4.69) is 12.3 Å². The molecule has 0 aliphatic carbocycles. The molecule has 2 unspecified atom stereocenters. The molecule has 102 valence electrons. The van der Waals surface area contributed by atoms with Crippen molar-refractivity contribution in [3.63, 3.8) is 0 Å². The van der Waals surface area contributed by atoms with Crippen LogP contribution in [0.25, 0.3) is 0 Å². The van der Waals surface area contributed by atoms with Crippen LogP contribution in [-0.2, 0) is 4.74 Å². The fourth-order valence-electron chi connectivity index (χ4n) is 1.97. The lowest BCUT2D eigenvalue weighted by Crippen LogP contribution is -2.33. The van der Waals surface area contributed by atoms with Crippen LogP contribution in [0, 0.1) is 5.92 Å². The van der Waals surface area contributed by atoms with E-state index in [9.17, 15) is 0 Å². The third kappa shape index (κ3) is 3.85. The SMILES string of the molecule is COCCC(C)C(NN)c1ccc(Cl)cc1OC. The van der Waals surface area contributed by atoms with Gasteiger partial charge >= 0.3 is 0 Å². The molecule has 4 nitrogen and oxygen atoms in total. The molecule has 2 atom stereocenters. The van der Waals surface area contributed by atoms with Gasteiger partial charge in [-0.15, -0.1) is 0 Å². The van der Waals surface area contributed by atoms with Crippen LogP contribution < -0.4 is 16.0 Å². The van der Waals surface area contributed by atoms with Crippen LogP contribution in [-0.4, -0.2) is 20.8 Å². The molecule has 0 aliphatic heterocycles. The van der Waals surface area contributed by atoms with Gasteiger partial charge in [0.05, 0.1) is 13.2 Å². The number of hydrogen-bond donors (Lipinski definition) is 2. The third-order valence-electron chi connectivity index (χ3n) is 3.06. The smallest absolute Gasteiger partial charge is 0.125 e. The van der Waals surface area contributed by atoms with Gasteiger partial charge in [0.2, 0.25) is 0 Å². The first kappa shape index (κ1) is 15.2. The summed E-state index contributed by atoms with van der Waals surface area (Å²) in [5.74, 6) is 6.73. The van der Waals surface area contributed by atoms with E-state index in [0.717, 1.165) is 17.7 Å². The lowest BCUT2D eigenvalue weighted by Gasteiger charge is -2.25.